The Morgan fingerprint density at radius 3 is 1.43 bits per heavy atom. The van der Waals surface area contributed by atoms with Crippen molar-refractivity contribution < 1.29 is 25.8 Å². The molecule has 0 heterocycles. The quantitative estimate of drug-likeness (QED) is 0.505. The van der Waals surface area contributed by atoms with E-state index < -0.39 is 8.32 Å². The van der Waals surface area contributed by atoms with Crippen LogP contribution in [0.25, 0.3) is 0 Å². The first-order valence-corrected chi connectivity index (χ1v) is 6.34. The Morgan fingerprint density at radius 1 is 1.29 bits per heavy atom. The van der Waals surface area contributed by atoms with Gasteiger partial charge in [0.1, 0.15) is 10.5 Å². The number of hydrogen-bond donors (Lipinski definition) is 0. The third kappa shape index (κ3) is 11.0. The van der Waals surface area contributed by atoms with E-state index in [0.717, 1.165) is 10.5 Å². The Hall–Kier alpha value is 1.11. The third-order valence-electron chi connectivity index (χ3n) is 0.612. The molecule has 0 saturated carbocycles. The van der Waals surface area contributed by atoms with Gasteiger partial charge in [0.15, 0.2) is 8.32 Å². The van der Waals surface area contributed by atoms with Gasteiger partial charge in [0.25, 0.3) is 0 Å². The van der Waals surface area contributed by atoms with Gasteiger partial charge in [-0.3, -0.25) is 0 Å². The number of hydrogen-bond acceptors (Lipinski definition) is 1. The van der Waals surface area contributed by atoms with Crippen LogP contribution in [0.1, 0.15) is 0 Å². The van der Waals surface area contributed by atoms with Crippen LogP contribution >= 0.6 is 0 Å². The molecular formula is C3H12OSi2Ti. The molecule has 0 rings (SSSR count). The van der Waals surface area contributed by atoms with Gasteiger partial charge in [-0.25, -0.2) is 0 Å². The van der Waals surface area contributed by atoms with Gasteiger partial charge in [-0.05, 0) is 19.6 Å². The summed E-state index contributed by atoms with van der Waals surface area (Å²) in [5, 5.41) is 0. The van der Waals surface area contributed by atoms with Gasteiger partial charge in [0.2, 0.25) is 0 Å². The van der Waals surface area contributed by atoms with Gasteiger partial charge in [-0.1, -0.05) is 0 Å². The first kappa shape index (κ1) is 11.0. The second-order valence-electron chi connectivity index (χ2n) is 2.32. The molecule has 0 fully saturated rings. The van der Waals surface area contributed by atoms with E-state index in [9.17, 15) is 0 Å². The smallest absolute Gasteiger partial charge is 0.169 e. The van der Waals surface area contributed by atoms with E-state index in [1.165, 1.54) is 0 Å². The largest absolute Gasteiger partial charge is 0.464 e. The van der Waals surface area contributed by atoms with Gasteiger partial charge in [-0.15, -0.1) is 0 Å². The molecule has 0 bridgehead atoms. The van der Waals surface area contributed by atoms with Crippen molar-refractivity contribution in [1.29, 1.82) is 0 Å². The summed E-state index contributed by atoms with van der Waals surface area (Å²) in [4.78, 5) is 0. The van der Waals surface area contributed by atoms with Crippen LogP contribution in [0.5, 0.6) is 0 Å². The zero-order valence-electron chi connectivity index (χ0n) is 5.41. The van der Waals surface area contributed by atoms with Crippen LogP contribution in [0.15, 0.2) is 0 Å². The molecule has 0 aromatic rings. The fourth-order valence-corrected chi connectivity index (χ4v) is 0. The van der Waals surface area contributed by atoms with E-state index in [-0.39, 0.29) is 21.7 Å². The molecule has 42 valence electrons. The van der Waals surface area contributed by atoms with Crippen LogP contribution in [0, 0.1) is 0 Å². The van der Waals surface area contributed by atoms with E-state index in [0.29, 0.717) is 0 Å². The maximum absolute atomic E-state index is 5.22. The summed E-state index contributed by atoms with van der Waals surface area (Å²) < 4.78 is 5.22. The van der Waals surface area contributed by atoms with Crippen LogP contribution in [0.3, 0.4) is 0 Å². The Labute approximate surface area is 64.4 Å². The first-order valence-electron chi connectivity index (χ1n) is 2.11. The van der Waals surface area contributed by atoms with Crippen LogP contribution in [0.4, 0.5) is 0 Å². The molecular weight excluding hydrogens is 156 g/mol. The summed E-state index contributed by atoms with van der Waals surface area (Å²) in [5.74, 6) is 0. The third-order valence-corrected chi connectivity index (χ3v) is 5.51. The van der Waals surface area contributed by atoms with E-state index in [1.54, 1.807) is 0 Å². The summed E-state index contributed by atoms with van der Waals surface area (Å²) in [5.41, 5.74) is 0. The molecule has 0 aliphatic carbocycles. The average molecular weight is 168 g/mol. The zero-order chi connectivity index (χ0) is 5.21. The molecule has 0 amide bonds. The van der Waals surface area contributed by atoms with Gasteiger partial charge in [0.05, 0.1) is 0 Å². The summed E-state index contributed by atoms with van der Waals surface area (Å²) in [6.07, 6.45) is 0. The topological polar surface area (TPSA) is 9.23 Å². The molecule has 0 saturated heterocycles. The van der Waals surface area contributed by atoms with Gasteiger partial charge >= 0.3 is 0 Å². The molecule has 7 heavy (non-hydrogen) atoms. The van der Waals surface area contributed by atoms with Crippen molar-refractivity contribution in [3.8, 4) is 0 Å². The summed E-state index contributed by atoms with van der Waals surface area (Å²) >= 11 is 0. The normalized spacial score (nSPS) is 10.7. The predicted molar refractivity (Wildman–Crippen MR) is 34.4 cm³/mol. The zero-order valence-corrected chi connectivity index (χ0v) is 9.97. The molecule has 0 atom stereocenters. The van der Waals surface area contributed by atoms with Crippen LogP contribution in [0.2, 0.25) is 19.6 Å². The maximum Gasteiger partial charge on any atom is 0.169 e. The van der Waals surface area contributed by atoms with Gasteiger partial charge < -0.3 is 4.12 Å². The molecule has 0 N–H and O–H groups in total. The molecule has 0 spiro atoms. The van der Waals surface area contributed by atoms with Crippen molar-refractivity contribution in [2.24, 2.45) is 0 Å². The van der Waals surface area contributed by atoms with Crippen molar-refractivity contribution in [1.82, 2.24) is 0 Å². The minimum Gasteiger partial charge on any atom is -0.464 e. The van der Waals surface area contributed by atoms with Crippen molar-refractivity contribution in [3.05, 3.63) is 0 Å². The van der Waals surface area contributed by atoms with Crippen molar-refractivity contribution in [2.45, 2.75) is 19.6 Å². The monoisotopic (exact) mass is 168 g/mol. The minimum absolute atomic E-state index is 0. The standard InChI is InChI=1S/C3H12OSi2.Ti/c1-6(2,3)4-5;/h1-3,5H3;. The minimum atomic E-state index is -1.07. The molecule has 0 aliphatic heterocycles. The van der Waals surface area contributed by atoms with Crippen LogP contribution in [-0.4, -0.2) is 18.8 Å². The van der Waals surface area contributed by atoms with Crippen molar-refractivity contribution >= 4 is 18.8 Å². The Kier molecular flexibility index (Phi) is 6.33. The molecule has 0 aromatic heterocycles. The molecule has 0 aromatic carbocycles. The van der Waals surface area contributed by atoms with Crippen LogP contribution < -0.4 is 0 Å². The Morgan fingerprint density at radius 2 is 1.43 bits per heavy atom. The van der Waals surface area contributed by atoms with Crippen molar-refractivity contribution in [3.63, 3.8) is 0 Å². The second kappa shape index (κ2) is 4.03. The SMILES string of the molecule is C[Si](C)(C)O[SiH3].[Ti]. The number of rotatable bonds is 1. The summed E-state index contributed by atoms with van der Waals surface area (Å²) in [6, 6.07) is 0. The van der Waals surface area contributed by atoms with Gasteiger partial charge in [-0.2, -0.15) is 0 Å². The second-order valence-corrected chi connectivity index (χ2v) is 8.17. The molecule has 1 nitrogen and oxygen atoms in total. The van der Waals surface area contributed by atoms with E-state index in [1.807, 2.05) is 0 Å². The average Bonchev–Trinajstić information content (AvgIpc) is 1.35. The Balaban J connectivity index is 0. The van der Waals surface area contributed by atoms with Crippen LogP contribution in [-0.2, 0) is 25.8 Å². The summed E-state index contributed by atoms with van der Waals surface area (Å²) in [6.45, 7) is 6.58. The van der Waals surface area contributed by atoms with Gasteiger partial charge in [0, 0.05) is 21.7 Å². The predicted octanol–water partition coefficient (Wildman–Crippen LogP) is 0.116. The fraction of sp³-hybridized carbons (Fsp3) is 1.00. The first-order chi connectivity index (χ1) is 2.56. The van der Waals surface area contributed by atoms with E-state index in [2.05, 4.69) is 19.6 Å². The van der Waals surface area contributed by atoms with E-state index in [4.69, 9.17) is 4.12 Å². The molecule has 0 unspecified atom stereocenters. The fourth-order valence-electron chi connectivity index (χ4n) is 0. The van der Waals surface area contributed by atoms with E-state index >= 15 is 0 Å². The molecule has 0 radical (unpaired) electrons. The molecule has 4 heteroatoms. The molecule has 0 aliphatic rings. The van der Waals surface area contributed by atoms with Crippen molar-refractivity contribution in [2.75, 3.05) is 0 Å². The maximum atomic E-state index is 5.22. The summed E-state index contributed by atoms with van der Waals surface area (Å²) in [7, 11) is -0.160. The Bertz CT molecular complexity index is 42.7.